The molecule has 42 heavy (non-hydrogen) atoms. The molecular formula is C34H41FN2O4Si. The Hall–Kier alpha value is -3.33. The number of aliphatic hydroxyl groups excluding tert-OH is 1. The van der Waals surface area contributed by atoms with Crippen molar-refractivity contribution in [1.82, 2.24) is 4.90 Å². The normalized spacial score (nSPS) is 23.8. The molecule has 2 aliphatic rings. The van der Waals surface area contributed by atoms with Crippen LogP contribution in [0.25, 0.3) is 0 Å². The van der Waals surface area contributed by atoms with Gasteiger partial charge in [0.05, 0.1) is 31.3 Å². The molecule has 222 valence electrons. The van der Waals surface area contributed by atoms with Crippen LogP contribution in [0.4, 0.5) is 9.80 Å². The van der Waals surface area contributed by atoms with E-state index in [4.69, 9.17) is 4.74 Å². The highest BCUT2D eigenvalue weighted by Crippen LogP contribution is 2.47. The highest BCUT2D eigenvalue weighted by Gasteiger charge is 2.52. The highest BCUT2D eigenvalue weighted by molar-refractivity contribution is 6.72. The van der Waals surface area contributed by atoms with E-state index in [2.05, 4.69) is 12.2 Å². The fourth-order valence-corrected chi connectivity index (χ4v) is 9.36. The Labute approximate surface area is 249 Å². The number of aliphatic hydroxyl groups is 1. The number of fused-ring (bicyclic) bond motifs is 1. The van der Waals surface area contributed by atoms with Gasteiger partial charge in [-0.05, 0) is 79.2 Å². The van der Waals surface area contributed by atoms with E-state index in [1.165, 1.54) is 0 Å². The van der Waals surface area contributed by atoms with Crippen LogP contribution in [0.2, 0.25) is 18.6 Å². The second-order valence-electron chi connectivity index (χ2n) is 12.3. The van der Waals surface area contributed by atoms with E-state index >= 15 is 4.11 Å². The summed E-state index contributed by atoms with van der Waals surface area (Å²) in [6, 6.07) is 24.6. The molecule has 3 aromatic rings. The number of nitrogens with one attached hydrogen (secondary N) is 1. The minimum Gasteiger partial charge on any atom is -0.394 e. The maximum absolute atomic E-state index is 15.7. The first-order valence-corrected chi connectivity index (χ1v) is 17.9. The molecule has 8 heteroatoms. The van der Waals surface area contributed by atoms with Gasteiger partial charge in [0.15, 0.2) is 0 Å². The van der Waals surface area contributed by atoms with E-state index in [-0.39, 0.29) is 48.4 Å². The molecule has 0 aliphatic carbocycles. The van der Waals surface area contributed by atoms with Crippen LogP contribution in [0, 0.1) is 5.92 Å². The molecule has 3 aromatic carbocycles. The fourth-order valence-electron chi connectivity index (χ4n) is 6.81. The van der Waals surface area contributed by atoms with Gasteiger partial charge in [0.1, 0.15) is 0 Å². The van der Waals surface area contributed by atoms with Crippen LogP contribution in [-0.2, 0) is 28.9 Å². The minimum absolute atomic E-state index is 0.0221. The molecule has 6 nitrogen and oxygen atoms in total. The predicted octanol–water partition coefficient (Wildman–Crippen LogP) is 6.16. The summed E-state index contributed by atoms with van der Waals surface area (Å²) in [6.07, 6.45) is 1.47. The van der Waals surface area contributed by atoms with Crippen LogP contribution < -0.4 is 5.32 Å². The van der Waals surface area contributed by atoms with E-state index < -0.39 is 14.5 Å². The van der Waals surface area contributed by atoms with Crippen molar-refractivity contribution in [2.24, 2.45) is 5.92 Å². The maximum Gasteiger partial charge on any atom is 0.255 e. The van der Waals surface area contributed by atoms with E-state index in [1.807, 2.05) is 66.7 Å². The summed E-state index contributed by atoms with van der Waals surface area (Å²) in [6.45, 7) is 5.82. The fraction of sp³-hybridized carbons (Fsp3) is 0.412. The number of rotatable bonds is 9. The third kappa shape index (κ3) is 6.83. The van der Waals surface area contributed by atoms with Crippen molar-refractivity contribution < 1.29 is 23.5 Å². The number of anilines is 1. The second kappa shape index (κ2) is 12.9. The first-order chi connectivity index (χ1) is 20.1. The monoisotopic (exact) mass is 588 g/mol. The number of hydrogen-bond acceptors (Lipinski definition) is 4. The molecule has 5 atom stereocenters. The van der Waals surface area contributed by atoms with Crippen LogP contribution in [0.5, 0.6) is 0 Å². The van der Waals surface area contributed by atoms with Crippen LogP contribution >= 0.6 is 0 Å². The number of hydrogen-bond donors (Lipinski definition) is 2. The third-order valence-electron chi connectivity index (χ3n) is 8.90. The van der Waals surface area contributed by atoms with Gasteiger partial charge in [-0.25, -0.2) is 0 Å². The van der Waals surface area contributed by atoms with Crippen LogP contribution in [0.1, 0.15) is 46.8 Å². The van der Waals surface area contributed by atoms with Gasteiger partial charge in [0.2, 0.25) is 14.3 Å². The number of aryl methyl sites for hydroxylation is 1. The zero-order valence-corrected chi connectivity index (χ0v) is 25.6. The molecule has 5 rings (SSSR count). The summed E-state index contributed by atoms with van der Waals surface area (Å²) in [5, 5.41) is 13.0. The molecule has 0 saturated carbocycles. The number of ether oxygens (including phenoxy) is 1. The van der Waals surface area contributed by atoms with Gasteiger partial charge in [-0.1, -0.05) is 61.5 Å². The summed E-state index contributed by atoms with van der Waals surface area (Å²) >= 11 is 0. The zero-order valence-electron chi connectivity index (χ0n) is 24.6. The average Bonchev–Trinajstić information content (AvgIpc) is 3.30. The SMILES string of the molecule is C[C@@H]1[C@@H]([Si](C)(C)F)[C@H](CC(=O)N2Cc3ccccc3C[C@H]2CO)O[C@@H]1CCc1cccc(NC(=O)c2ccccc2)c1. The van der Waals surface area contributed by atoms with Gasteiger partial charge < -0.3 is 24.2 Å². The molecule has 0 spiro atoms. The van der Waals surface area contributed by atoms with Crippen LogP contribution in [-0.4, -0.2) is 55.1 Å². The van der Waals surface area contributed by atoms with Gasteiger partial charge in [0, 0.05) is 23.3 Å². The van der Waals surface area contributed by atoms with Crippen molar-refractivity contribution in [2.75, 3.05) is 11.9 Å². The Morgan fingerprint density at radius 2 is 1.71 bits per heavy atom. The van der Waals surface area contributed by atoms with E-state index in [0.29, 0.717) is 31.4 Å². The first-order valence-electron chi connectivity index (χ1n) is 14.9. The second-order valence-corrected chi connectivity index (χ2v) is 16.1. The van der Waals surface area contributed by atoms with Crippen molar-refractivity contribution in [2.45, 2.75) is 76.0 Å². The van der Waals surface area contributed by atoms with Gasteiger partial charge >= 0.3 is 0 Å². The molecule has 2 heterocycles. The van der Waals surface area contributed by atoms with Crippen LogP contribution in [0.15, 0.2) is 78.9 Å². The van der Waals surface area contributed by atoms with Crippen molar-refractivity contribution >= 4 is 25.9 Å². The van der Waals surface area contributed by atoms with Gasteiger partial charge in [-0.3, -0.25) is 9.59 Å². The quantitative estimate of drug-likeness (QED) is 0.232. The molecule has 1 saturated heterocycles. The molecular weight excluding hydrogens is 547 g/mol. The Morgan fingerprint density at radius 1 is 1.00 bits per heavy atom. The largest absolute Gasteiger partial charge is 0.394 e. The number of carbonyl (C=O) groups is 2. The summed E-state index contributed by atoms with van der Waals surface area (Å²) in [5.74, 6) is -0.274. The minimum atomic E-state index is -3.15. The number of nitrogens with zero attached hydrogens (tertiary/aromatic N) is 1. The molecule has 0 aromatic heterocycles. The topological polar surface area (TPSA) is 78.9 Å². The van der Waals surface area contributed by atoms with E-state index in [0.717, 1.165) is 22.4 Å². The lowest BCUT2D eigenvalue weighted by Gasteiger charge is -2.37. The summed E-state index contributed by atoms with van der Waals surface area (Å²) in [5.41, 5.74) is 4.33. The standard InChI is InChI=1S/C34H41FN2O4Si/c1-23-30(17-16-24-10-9-15-28(18-24)36-34(40)25-11-5-4-6-12-25)41-31(33(23)42(2,3)35)20-32(39)37-21-27-14-8-7-13-26(27)19-29(37)22-38/h4-15,18,23,29-31,33,38H,16-17,19-22H2,1-3H3,(H,36,40)/t23-,29-,30+,31-,33+/m0/s1. The molecule has 0 radical (unpaired) electrons. The van der Waals surface area contributed by atoms with Gasteiger partial charge in [-0.15, -0.1) is 0 Å². The van der Waals surface area contributed by atoms with Crippen LogP contribution in [0.3, 0.4) is 0 Å². The zero-order chi connectivity index (χ0) is 29.9. The average molecular weight is 589 g/mol. The molecule has 2 aliphatic heterocycles. The number of benzene rings is 3. The van der Waals surface area contributed by atoms with Gasteiger partial charge in [-0.2, -0.15) is 0 Å². The lowest BCUT2D eigenvalue weighted by Crippen LogP contribution is -2.48. The summed E-state index contributed by atoms with van der Waals surface area (Å²) < 4.78 is 22.2. The van der Waals surface area contributed by atoms with E-state index in [9.17, 15) is 14.7 Å². The van der Waals surface area contributed by atoms with E-state index in [1.54, 1.807) is 30.1 Å². The number of amides is 2. The van der Waals surface area contributed by atoms with Crippen molar-refractivity contribution in [1.29, 1.82) is 0 Å². The smallest absolute Gasteiger partial charge is 0.255 e. The van der Waals surface area contributed by atoms with Gasteiger partial charge in [0.25, 0.3) is 5.91 Å². The van der Waals surface area contributed by atoms with Crippen molar-refractivity contribution in [3.05, 3.63) is 101 Å². The molecule has 2 amide bonds. The third-order valence-corrected chi connectivity index (χ3v) is 11.4. The van der Waals surface area contributed by atoms with Crippen molar-refractivity contribution in [3.63, 3.8) is 0 Å². The summed E-state index contributed by atoms with van der Waals surface area (Å²) in [4.78, 5) is 28.0. The number of halogens is 1. The summed E-state index contributed by atoms with van der Waals surface area (Å²) in [7, 11) is -3.15. The Kier molecular flexibility index (Phi) is 9.25. The maximum atomic E-state index is 15.7. The number of carbonyl (C=O) groups excluding carboxylic acids is 2. The Morgan fingerprint density at radius 3 is 2.43 bits per heavy atom. The lowest BCUT2D eigenvalue weighted by atomic mass is 9.93. The Bertz CT molecular complexity index is 1400. The Balaban J connectivity index is 1.24. The molecule has 0 bridgehead atoms. The molecule has 0 unspecified atom stereocenters. The molecule has 1 fully saturated rings. The predicted molar refractivity (Wildman–Crippen MR) is 166 cm³/mol. The highest BCUT2D eigenvalue weighted by atomic mass is 28.4. The van der Waals surface area contributed by atoms with Crippen molar-refractivity contribution in [3.8, 4) is 0 Å². The molecule has 2 N–H and O–H groups in total. The lowest BCUT2D eigenvalue weighted by molar-refractivity contribution is -0.138. The first kappa shape index (κ1) is 30.1.